The van der Waals surface area contributed by atoms with E-state index >= 15 is 0 Å². The van der Waals surface area contributed by atoms with Gasteiger partial charge in [-0.3, -0.25) is 4.79 Å². The first-order chi connectivity index (χ1) is 9.05. The number of fused-ring (bicyclic) bond motifs is 1. The van der Waals surface area contributed by atoms with Gasteiger partial charge in [0, 0.05) is 31.6 Å². The Balaban J connectivity index is 2.04. The first-order valence-corrected chi connectivity index (χ1v) is 6.44. The predicted molar refractivity (Wildman–Crippen MR) is 69.8 cm³/mol. The summed E-state index contributed by atoms with van der Waals surface area (Å²) in [6.07, 6.45) is 0.670. The largest absolute Gasteiger partial charge is 0.478 e. The number of aliphatic carboxylic acids is 1. The molecular weight excluding hydrogens is 244 g/mol. The standard InChI is InChI=1S/C14H16N2O3/c1-10-2-4-11(5-3-10)15-8-9-16-12(17)6-7-14(15,16)13(18)19/h2-5H,6-9H2,1H3,(H,18,19). The number of carboxylic acid groups (broad SMARTS) is 1. The van der Waals surface area contributed by atoms with Gasteiger partial charge in [-0.2, -0.15) is 0 Å². The van der Waals surface area contributed by atoms with Crippen LogP contribution in [0.2, 0.25) is 0 Å². The molecule has 5 heteroatoms. The summed E-state index contributed by atoms with van der Waals surface area (Å²) in [5, 5.41) is 9.64. The first kappa shape index (κ1) is 12.0. The van der Waals surface area contributed by atoms with Crippen molar-refractivity contribution in [1.29, 1.82) is 0 Å². The fourth-order valence-electron chi connectivity index (χ4n) is 3.14. The van der Waals surface area contributed by atoms with Crippen LogP contribution in [0.5, 0.6) is 0 Å². The number of hydrogen-bond donors (Lipinski definition) is 1. The van der Waals surface area contributed by atoms with Crippen LogP contribution in [-0.2, 0) is 9.59 Å². The number of carbonyl (C=O) groups excluding carboxylic acids is 1. The molecule has 1 aromatic carbocycles. The topological polar surface area (TPSA) is 60.9 Å². The Morgan fingerprint density at radius 3 is 2.47 bits per heavy atom. The molecule has 19 heavy (non-hydrogen) atoms. The Kier molecular flexibility index (Phi) is 2.52. The van der Waals surface area contributed by atoms with E-state index in [4.69, 9.17) is 0 Å². The van der Waals surface area contributed by atoms with Gasteiger partial charge in [-0.1, -0.05) is 17.7 Å². The molecule has 2 aliphatic rings. The van der Waals surface area contributed by atoms with E-state index in [1.165, 1.54) is 4.90 Å². The molecule has 2 saturated heterocycles. The molecule has 1 N–H and O–H groups in total. The number of anilines is 1. The number of rotatable bonds is 2. The molecule has 1 atom stereocenters. The molecule has 2 aliphatic heterocycles. The highest BCUT2D eigenvalue weighted by Gasteiger charge is 2.59. The van der Waals surface area contributed by atoms with E-state index < -0.39 is 11.6 Å². The summed E-state index contributed by atoms with van der Waals surface area (Å²) >= 11 is 0. The van der Waals surface area contributed by atoms with Gasteiger partial charge in [-0.15, -0.1) is 0 Å². The maximum Gasteiger partial charge on any atom is 0.350 e. The van der Waals surface area contributed by atoms with Gasteiger partial charge in [0.2, 0.25) is 11.6 Å². The minimum absolute atomic E-state index is 0.0583. The third kappa shape index (κ3) is 1.54. The Bertz CT molecular complexity index is 540. The van der Waals surface area contributed by atoms with Crippen LogP contribution in [0.4, 0.5) is 5.69 Å². The highest BCUT2D eigenvalue weighted by molar-refractivity contribution is 5.94. The fraction of sp³-hybridized carbons (Fsp3) is 0.429. The second-order valence-corrected chi connectivity index (χ2v) is 5.15. The molecule has 3 rings (SSSR count). The lowest BCUT2D eigenvalue weighted by Crippen LogP contribution is -2.57. The van der Waals surface area contributed by atoms with E-state index in [-0.39, 0.29) is 5.91 Å². The number of nitrogens with zero attached hydrogens (tertiary/aromatic N) is 2. The average molecular weight is 260 g/mol. The highest BCUT2D eigenvalue weighted by Crippen LogP contribution is 2.40. The van der Waals surface area contributed by atoms with Crippen molar-refractivity contribution in [2.45, 2.75) is 25.4 Å². The van der Waals surface area contributed by atoms with E-state index in [0.29, 0.717) is 25.9 Å². The lowest BCUT2D eigenvalue weighted by Gasteiger charge is -2.36. The zero-order chi connectivity index (χ0) is 13.6. The van der Waals surface area contributed by atoms with Crippen molar-refractivity contribution < 1.29 is 14.7 Å². The van der Waals surface area contributed by atoms with Crippen LogP contribution in [0.15, 0.2) is 24.3 Å². The molecule has 5 nitrogen and oxygen atoms in total. The van der Waals surface area contributed by atoms with Crippen LogP contribution in [0.25, 0.3) is 0 Å². The lowest BCUT2D eigenvalue weighted by molar-refractivity contribution is -0.151. The molecule has 0 saturated carbocycles. The zero-order valence-electron chi connectivity index (χ0n) is 10.8. The molecule has 2 fully saturated rings. The number of hydrogen-bond acceptors (Lipinski definition) is 3. The number of carbonyl (C=O) groups is 2. The van der Waals surface area contributed by atoms with E-state index in [1.807, 2.05) is 36.1 Å². The molecule has 1 aromatic rings. The monoisotopic (exact) mass is 260 g/mol. The van der Waals surface area contributed by atoms with Crippen molar-refractivity contribution in [2.75, 3.05) is 18.0 Å². The van der Waals surface area contributed by atoms with Crippen molar-refractivity contribution in [2.24, 2.45) is 0 Å². The molecule has 0 aliphatic carbocycles. The lowest BCUT2D eigenvalue weighted by atomic mass is 10.1. The fourth-order valence-corrected chi connectivity index (χ4v) is 3.14. The third-order valence-corrected chi connectivity index (χ3v) is 4.12. The summed E-state index contributed by atoms with van der Waals surface area (Å²) < 4.78 is 0. The van der Waals surface area contributed by atoms with Gasteiger partial charge in [0.1, 0.15) is 0 Å². The van der Waals surface area contributed by atoms with Crippen molar-refractivity contribution in [1.82, 2.24) is 4.90 Å². The number of aryl methyl sites for hydroxylation is 1. The Hall–Kier alpha value is -2.04. The van der Waals surface area contributed by atoms with Gasteiger partial charge in [-0.25, -0.2) is 4.79 Å². The minimum Gasteiger partial charge on any atom is -0.478 e. The molecule has 0 spiro atoms. The molecule has 0 radical (unpaired) electrons. The summed E-state index contributed by atoms with van der Waals surface area (Å²) in [5.74, 6) is -0.992. The van der Waals surface area contributed by atoms with Gasteiger partial charge in [-0.05, 0) is 19.1 Å². The van der Waals surface area contributed by atoms with Crippen LogP contribution < -0.4 is 4.90 Å². The summed E-state index contributed by atoms with van der Waals surface area (Å²) in [4.78, 5) is 27.0. The normalized spacial score (nSPS) is 25.8. The van der Waals surface area contributed by atoms with E-state index in [2.05, 4.69) is 0 Å². The second-order valence-electron chi connectivity index (χ2n) is 5.15. The van der Waals surface area contributed by atoms with Crippen LogP contribution in [0, 0.1) is 6.92 Å². The Morgan fingerprint density at radius 1 is 1.21 bits per heavy atom. The smallest absolute Gasteiger partial charge is 0.350 e. The molecule has 1 unspecified atom stereocenters. The van der Waals surface area contributed by atoms with E-state index in [1.54, 1.807) is 0 Å². The second kappa shape index (κ2) is 3.98. The highest BCUT2D eigenvalue weighted by atomic mass is 16.4. The molecule has 0 bridgehead atoms. The maximum absolute atomic E-state index is 11.8. The van der Waals surface area contributed by atoms with Crippen LogP contribution >= 0.6 is 0 Å². The SMILES string of the molecule is Cc1ccc(N2CCN3C(=O)CCC32C(=O)O)cc1. The quantitative estimate of drug-likeness (QED) is 0.868. The molecule has 1 amide bonds. The predicted octanol–water partition coefficient (Wildman–Crippen LogP) is 1.22. The van der Waals surface area contributed by atoms with Crippen LogP contribution in [0.1, 0.15) is 18.4 Å². The van der Waals surface area contributed by atoms with E-state index in [9.17, 15) is 14.7 Å². The molecule has 2 heterocycles. The Labute approximate surface area is 111 Å². The van der Waals surface area contributed by atoms with Crippen molar-refractivity contribution in [3.8, 4) is 0 Å². The van der Waals surface area contributed by atoms with Gasteiger partial charge < -0.3 is 14.9 Å². The molecule has 0 aromatic heterocycles. The van der Waals surface area contributed by atoms with Crippen molar-refractivity contribution >= 4 is 17.6 Å². The minimum atomic E-state index is -1.17. The third-order valence-electron chi connectivity index (χ3n) is 4.12. The molecular formula is C14H16N2O3. The van der Waals surface area contributed by atoms with Crippen LogP contribution in [0.3, 0.4) is 0 Å². The average Bonchev–Trinajstić information content (AvgIpc) is 2.91. The number of benzene rings is 1. The van der Waals surface area contributed by atoms with Gasteiger partial charge in [0.05, 0.1) is 0 Å². The summed E-state index contributed by atoms with van der Waals surface area (Å²) in [6.45, 7) is 3.05. The van der Waals surface area contributed by atoms with Gasteiger partial charge in [0.25, 0.3) is 0 Å². The molecule has 100 valence electrons. The zero-order valence-corrected chi connectivity index (χ0v) is 10.8. The van der Waals surface area contributed by atoms with E-state index in [0.717, 1.165) is 11.3 Å². The van der Waals surface area contributed by atoms with Gasteiger partial charge >= 0.3 is 5.97 Å². The maximum atomic E-state index is 11.8. The van der Waals surface area contributed by atoms with Crippen LogP contribution in [-0.4, -0.2) is 40.6 Å². The van der Waals surface area contributed by atoms with Crippen molar-refractivity contribution in [3.05, 3.63) is 29.8 Å². The number of carboxylic acids is 1. The first-order valence-electron chi connectivity index (χ1n) is 6.44. The van der Waals surface area contributed by atoms with Crippen molar-refractivity contribution in [3.63, 3.8) is 0 Å². The van der Waals surface area contributed by atoms with Gasteiger partial charge in [0.15, 0.2) is 0 Å². The summed E-state index contributed by atoms with van der Waals surface area (Å²) in [5.41, 5.74) is 0.823. The Morgan fingerprint density at radius 2 is 1.84 bits per heavy atom. The number of amides is 1. The summed E-state index contributed by atoms with van der Waals surface area (Å²) in [7, 11) is 0. The summed E-state index contributed by atoms with van der Waals surface area (Å²) in [6, 6.07) is 7.77.